The Balaban J connectivity index is 1.28. The Morgan fingerprint density at radius 2 is 1.70 bits per heavy atom. The number of benzene rings is 2. The molecule has 37 heavy (non-hydrogen) atoms. The van der Waals surface area contributed by atoms with Crippen LogP contribution < -0.4 is 4.74 Å². The van der Waals surface area contributed by atoms with E-state index >= 15 is 0 Å². The molecule has 1 fully saturated rings. The Morgan fingerprint density at radius 1 is 1.00 bits per heavy atom. The molecule has 0 spiro atoms. The van der Waals surface area contributed by atoms with Gasteiger partial charge >= 0.3 is 12.1 Å². The Morgan fingerprint density at radius 3 is 2.41 bits per heavy atom. The van der Waals surface area contributed by atoms with Gasteiger partial charge < -0.3 is 19.5 Å². The number of hydrogen-bond acceptors (Lipinski definition) is 5. The van der Waals surface area contributed by atoms with Crippen molar-refractivity contribution >= 4 is 17.8 Å². The largest absolute Gasteiger partial charge is 0.491 e. The maximum atomic E-state index is 13.8. The number of carbonyl (C=O) groups excluding carboxylic acids is 2. The SMILES string of the molecule is CCOc1cc(CC(=O)Cc2ccc3c(c2)CCN(C(=O)OC2CCC(CC(=O)O)CC2)C3)ccc1F. The first-order chi connectivity index (χ1) is 17.8. The summed E-state index contributed by atoms with van der Waals surface area (Å²) in [6.45, 7) is 3.15. The van der Waals surface area contributed by atoms with Crippen molar-refractivity contribution in [1.29, 1.82) is 0 Å². The van der Waals surface area contributed by atoms with Gasteiger partial charge in [-0.3, -0.25) is 9.59 Å². The van der Waals surface area contributed by atoms with Crippen molar-refractivity contribution in [3.63, 3.8) is 0 Å². The number of Topliss-reactive ketones (excluding diaryl/α,β-unsaturated/α-hetero) is 1. The molecule has 1 N–H and O–H groups in total. The lowest BCUT2D eigenvalue weighted by molar-refractivity contribution is -0.138. The Labute approximate surface area is 216 Å². The van der Waals surface area contributed by atoms with E-state index in [0.717, 1.165) is 35.1 Å². The number of carboxylic acid groups (broad SMARTS) is 1. The monoisotopic (exact) mass is 511 g/mol. The molecule has 1 saturated carbocycles. The van der Waals surface area contributed by atoms with Gasteiger partial charge in [-0.05, 0) is 79.3 Å². The van der Waals surface area contributed by atoms with Crippen molar-refractivity contribution in [2.45, 2.75) is 70.9 Å². The minimum Gasteiger partial charge on any atom is -0.491 e. The molecule has 2 aromatic rings. The first kappa shape index (κ1) is 26.6. The lowest BCUT2D eigenvalue weighted by atomic mass is 9.85. The summed E-state index contributed by atoms with van der Waals surface area (Å²) in [5, 5.41) is 8.96. The maximum absolute atomic E-state index is 13.8. The second-order valence-electron chi connectivity index (χ2n) is 9.99. The average molecular weight is 512 g/mol. The topological polar surface area (TPSA) is 93.1 Å². The molecule has 1 aliphatic heterocycles. The normalized spacial score (nSPS) is 19.1. The standard InChI is InChI=1S/C29H34FNO6/c1-2-36-27-16-21(6-10-26(27)30)15-24(32)14-20-3-7-23-18-31(12-11-22(23)13-20)29(35)37-25-8-4-19(5-9-25)17-28(33)34/h3,6-7,10,13,16,19,25H,2,4-5,8-9,11-12,14-15,17-18H2,1H3,(H,33,34). The number of amides is 1. The van der Waals surface area contributed by atoms with Gasteiger partial charge in [-0.25, -0.2) is 9.18 Å². The van der Waals surface area contributed by atoms with Crippen LogP contribution in [-0.4, -0.2) is 47.1 Å². The van der Waals surface area contributed by atoms with Crippen LogP contribution in [0.3, 0.4) is 0 Å². The molecule has 0 saturated heterocycles. The van der Waals surface area contributed by atoms with Crippen molar-refractivity contribution in [3.8, 4) is 5.75 Å². The number of ketones is 1. The number of fused-ring (bicyclic) bond motifs is 1. The molecule has 4 rings (SSSR count). The number of ether oxygens (including phenoxy) is 2. The van der Waals surface area contributed by atoms with Crippen molar-refractivity contribution < 1.29 is 33.4 Å². The van der Waals surface area contributed by atoms with Gasteiger partial charge in [0.25, 0.3) is 0 Å². The molecule has 198 valence electrons. The fourth-order valence-corrected chi connectivity index (χ4v) is 5.23. The van der Waals surface area contributed by atoms with Gasteiger partial charge in [0.2, 0.25) is 0 Å². The van der Waals surface area contributed by atoms with E-state index in [-0.39, 0.29) is 48.9 Å². The number of rotatable bonds is 9. The highest BCUT2D eigenvalue weighted by Crippen LogP contribution is 2.30. The van der Waals surface area contributed by atoms with E-state index in [1.807, 2.05) is 18.2 Å². The predicted octanol–water partition coefficient (Wildman–Crippen LogP) is 5.11. The summed E-state index contributed by atoms with van der Waals surface area (Å²) in [6.07, 6.45) is 3.82. The first-order valence-corrected chi connectivity index (χ1v) is 13.0. The number of halogens is 1. The van der Waals surface area contributed by atoms with Crippen LogP contribution in [0.15, 0.2) is 36.4 Å². The highest BCUT2D eigenvalue weighted by atomic mass is 19.1. The van der Waals surface area contributed by atoms with Gasteiger partial charge in [0.1, 0.15) is 11.9 Å². The summed E-state index contributed by atoms with van der Waals surface area (Å²) in [6, 6.07) is 10.5. The number of nitrogens with zero attached hydrogens (tertiary/aromatic N) is 1. The minimum absolute atomic E-state index is 0.0353. The average Bonchev–Trinajstić information content (AvgIpc) is 2.86. The van der Waals surface area contributed by atoms with Gasteiger partial charge in [-0.2, -0.15) is 0 Å². The van der Waals surface area contributed by atoms with Crippen LogP contribution in [-0.2, 0) is 40.1 Å². The van der Waals surface area contributed by atoms with Crippen molar-refractivity contribution in [2.24, 2.45) is 5.92 Å². The molecule has 0 atom stereocenters. The summed E-state index contributed by atoms with van der Waals surface area (Å²) < 4.78 is 24.8. The van der Waals surface area contributed by atoms with Crippen LogP contribution in [0.4, 0.5) is 9.18 Å². The smallest absolute Gasteiger partial charge is 0.410 e. The van der Waals surface area contributed by atoms with E-state index in [1.165, 1.54) is 6.07 Å². The van der Waals surface area contributed by atoms with Gasteiger partial charge in [-0.1, -0.05) is 24.3 Å². The molecule has 1 amide bonds. The van der Waals surface area contributed by atoms with Crippen LogP contribution in [0.2, 0.25) is 0 Å². The lowest BCUT2D eigenvalue weighted by Gasteiger charge is -2.32. The summed E-state index contributed by atoms with van der Waals surface area (Å²) in [5.41, 5.74) is 3.82. The van der Waals surface area contributed by atoms with E-state index in [9.17, 15) is 18.8 Å². The predicted molar refractivity (Wildman–Crippen MR) is 135 cm³/mol. The van der Waals surface area contributed by atoms with E-state index in [1.54, 1.807) is 24.0 Å². The number of carbonyl (C=O) groups is 3. The van der Waals surface area contributed by atoms with Crippen LogP contribution >= 0.6 is 0 Å². The zero-order valence-electron chi connectivity index (χ0n) is 21.2. The van der Waals surface area contributed by atoms with Crippen LogP contribution in [0.1, 0.15) is 61.3 Å². The Kier molecular flexibility index (Phi) is 8.79. The second-order valence-corrected chi connectivity index (χ2v) is 9.99. The Hall–Kier alpha value is -3.42. The molecular weight excluding hydrogens is 477 g/mol. The Bertz CT molecular complexity index is 1140. The zero-order valence-corrected chi connectivity index (χ0v) is 21.2. The molecule has 7 nitrogen and oxygen atoms in total. The molecule has 2 aromatic carbocycles. The molecule has 0 bridgehead atoms. The molecule has 0 unspecified atom stereocenters. The quantitative estimate of drug-likeness (QED) is 0.503. The highest BCUT2D eigenvalue weighted by molar-refractivity contribution is 5.83. The molecular formula is C29H34FNO6. The van der Waals surface area contributed by atoms with Gasteiger partial charge in [-0.15, -0.1) is 0 Å². The van der Waals surface area contributed by atoms with Gasteiger partial charge in [0.05, 0.1) is 6.61 Å². The van der Waals surface area contributed by atoms with Gasteiger partial charge in [0, 0.05) is 32.4 Å². The second kappa shape index (κ2) is 12.2. The summed E-state index contributed by atoms with van der Waals surface area (Å²) in [4.78, 5) is 38.0. The third-order valence-corrected chi connectivity index (χ3v) is 7.16. The molecule has 0 aromatic heterocycles. The third kappa shape index (κ3) is 7.31. The van der Waals surface area contributed by atoms with Crippen LogP contribution in [0, 0.1) is 11.7 Å². The van der Waals surface area contributed by atoms with Crippen molar-refractivity contribution in [2.75, 3.05) is 13.2 Å². The fraction of sp³-hybridized carbons (Fsp3) is 0.483. The van der Waals surface area contributed by atoms with Crippen molar-refractivity contribution in [3.05, 3.63) is 64.5 Å². The van der Waals surface area contributed by atoms with Crippen molar-refractivity contribution in [1.82, 2.24) is 4.90 Å². The zero-order chi connectivity index (χ0) is 26.4. The molecule has 0 radical (unpaired) electrons. The van der Waals surface area contributed by atoms with E-state index in [2.05, 4.69) is 0 Å². The third-order valence-electron chi connectivity index (χ3n) is 7.16. The summed E-state index contributed by atoms with van der Waals surface area (Å²) in [7, 11) is 0. The van der Waals surface area contributed by atoms with E-state index in [0.29, 0.717) is 39.0 Å². The molecule has 1 heterocycles. The summed E-state index contributed by atoms with van der Waals surface area (Å²) >= 11 is 0. The van der Waals surface area contributed by atoms with E-state index < -0.39 is 11.8 Å². The number of carboxylic acids is 1. The summed E-state index contributed by atoms with van der Waals surface area (Å²) in [5.74, 6) is -0.847. The maximum Gasteiger partial charge on any atom is 0.410 e. The van der Waals surface area contributed by atoms with Crippen LogP contribution in [0.5, 0.6) is 5.75 Å². The highest BCUT2D eigenvalue weighted by Gasteiger charge is 2.28. The lowest BCUT2D eigenvalue weighted by Crippen LogP contribution is -2.39. The fourth-order valence-electron chi connectivity index (χ4n) is 5.23. The van der Waals surface area contributed by atoms with Gasteiger partial charge in [0.15, 0.2) is 11.6 Å². The molecule has 8 heteroatoms. The minimum atomic E-state index is -0.774. The number of hydrogen-bond donors (Lipinski definition) is 1. The number of aliphatic carboxylic acids is 1. The van der Waals surface area contributed by atoms with E-state index in [4.69, 9.17) is 14.6 Å². The van der Waals surface area contributed by atoms with Crippen LogP contribution in [0.25, 0.3) is 0 Å². The molecule has 1 aliphatic carbocycles. The molecule has 2 aliphatic rings. The first-order valence-electron chi connectivity index (χ1n) is 13.0.